The largest absolute Gasteiger partial charge is 0.390 e. The second-order valence-electron chi connectivity index (χ2n) is 8.40. The van der Waals surface area contributed by atoms with E-state index in [1.54, 1.807) is 0 Å². The van der Waals surface area contributed by atoms with Crippen LogP contribution in [0.25, 0.3) is 0 Å². The third-order valence-corrected chi connectivity index (χ3v) is 5.41. The Morgan fingerprint density at radius 1 is 1.30 bits per heavy atom. The smallest absolute Gasteiger partial charge is 0.253 e. The molecule has 1 aliphatic heterocycles. The molecule has 0 spiro atoms. The molecule has 1 unspecified atom stereocenters. The molecule has 0 bridgehead atoms. The molecule has 0 radical (unpaired) electrons. The Balaban J connectivity index is 1.58. The van der Waals surface area contributed by atoms with Crippen LogP contribution in [0.2, 0.25) is 0 Å². The molecule has 1 N–H and O–H groups in total. The van der Waals surface area contributed by atoms with Crippen LogP contribution in [-0.2, 0) is 13.0 Å². The van der Waals surface area contributed by atoms with Crippen molar-refractivity contribution in [1.29, 1.82) is 0 Å². The number of benzene rings is 1. The van der Waals surface area contributed by atoms with E-state index in [0.717, 1.165) is 55.8 Å². The normalized spacial score (nSPS) is 17.9. The number of aryl methyl sites for hydroxylation is 2. The van der Waals surface area contributed by atoms with E-state index in [1.807, 2.05) is 62.3 Å². The molecular formula is C22H31N3O2. The molecule has 0 saturated carbocycles. The van der Waals surface area contributed by atoms with Gasteiger partial charge in [0, 0.05) is 37.6 Å². The molecule has 3 rings (SSSR count). The van der Waals surface area contributed by atoms with E-state index in [2.05, 4.69) is 9.55 Å². The molecule has 2 aromatic rings. The summed E-state index contributed by atoms with van der Waals surface area (Å²) in [4.78, 5) is 19.2. The lowest BCUT2D eigenvalue weighted by Gasteiger charge is -2.33. The third kappa shape index (κ3) is 5.42. The number of piperidine rings is 1. The quantitative estimate of drug-likeness (QED) is 0.848. The maximum atomic E-state index is 12.9. The van der Waals surface area contributed by atoms with Gasteiger partial charge < -0.3 is 14.6 Å². The Hall–Kier alpha value is -2.14. The van der Waals surface area contributed by atoms with Gasteiger partial charge in [-0.25, -0.2) is 4.98 Å². The Morgan fingerprint density at radius 2 is 2.04 bits per heavy atom. The van der Waals surface area contributed by atoms with E-state index in [-0.39, 0.29) is 5.91 Å². The van der Waals surface area contributed by atoms with Crippen LogP contribution in [0, 0.1) is 12.8 Å². The predicted octanol–water partition coefficient (Wildman–Crippen LogP) is 3.45. The summed E-state index contributed by atoms with van der Waals surface area (Å²) in [6.45, 7) is 8.22. The van der Waals surface area contributed by atoms with Crippen molar-refractivity contribution in [3.05, 3.63) is 53.6 Å². The molecule has 1 saturated heterocycles. The molecule has 1 aromatic heterocycles. The first-order chi connectivity index (χ1) is 12.8. The van der Waals surface area contributed by atoms with Gasteiger partial charge in [-0.1, -0.05) is 12.1 Å². The first kappa shape index (κ1) is 19.6. The second kappa shape index (κ2) is 8.26. The molecule has 5 nitrogen and oxygen atoms in total. The number of aromatic nitrogens is 2. The van der Waals surface area contributed by atoms with Crippen LogP contribution in [-0.4, -0.2) is 44.2 Å². The number of likely N-dealkylation sites (tertiary alicyclic amines) is 1. The summed E-state index contributed by atoms with van der Waals surface area (Å²) < 4.78 is 2.18. The molecule has 27 heavy (non-hydrogen) atoms. The van der Waals surface area contributed by atoms with Crippen molar-refractivity contribution in [3.63, 3.8) is 0 Å². The lowest BCUT2D eigenvalue weighted by atomic mass is 9.96. The maximum Gasteiger partial charge on any atom is 0.253 e. The van der Waals surface area contributed by atoms with Gasteiger partial charge in [0.05, 0.1) is 5.60 Å². The standard InChI is InChI=1S/C22H31N3O2/c1-17-23-12-14-24(17)15-19-5-4-13-25(16-19)21(26)20-8-6-18(7-9-20)10-11-22(2,3)27/h6-9,12,14,19,27H,4-5,10-11,13,15-16H2,1-3H3. The van der Waals surface area contributed by atoms with Crippen LogP contribution in [0.1, 0.15) is 54.9 Å². The van der Waals surface area contributed by atoms with Gasteiger partial charge in [-0.2, -0.15) is 0 Å². The highest BCUT2D eigenvalue weighted by Crippen LogP contribution is 2.21. The topological polar surface area (TPSA) is 58.4 Å². The van der Waals surface area contributed by atoms with Crippen molar-refractivity contribution in [2.75, 3.05) is 13.1 Å². The summed E-state index contributed by atoms with van der Waals surface area (Å²) in [6, 6.07) is 7.86. The van der Waals surface area contributed by atoms with E-state index in [4.69, 9.17) is 0 Å². The second-order valence-corrected chi connectivity index (χ2v) is 8.40. The zero-order valence-corrected chi connectivity index (χ0v) is 16.7. The van der Waals surface area contributed by atoms with Crippen LogP contribution in [0.5, 0.6) is 0 Å². The zero-order valence-electron chi connectivity index (χ0n) is 16.7. The van der Waals surface area contributed by atoms with E-state index < -0.39 is 5.60 Å². The van der Waals surface area contributed by atoms with E-state index >= 15 is 0 Å². The Bertz CT molecular complexity index is 759. The van der Waals surface area contributed by atoms with Crippen molar-refractivity contribution in [1.82, 2.24) is 14.5 Å². The van der Waals surface area contributed by atoms with Crippen LogP contribution in [0.4, 0.5) is 0 Å². The molecular weight excluding hydrogens is 338 g/mol. The summed E-state index contributed by atoms with van der Waals surface area (Å²) in [7, 11) is 0. The number of imidazole rings is 1. The lowest BCUT2D eigenvalue weighted by molar-refractivity contribution is 0.0660. The van der Waals surface area contributed by atoms with E-state index in [0.29, 0.717) is 12.3 Å². The van der Waals surface area contributed by atoms with Gasteiger partial charge in [-0.05, 0) is 70.1 Å². The molecule has 1 fully saturated rings. The Labute approximate surface area is 162 Å². The Kier molecular flexibility index (Phi) is 6.00. The van der Waals surface area contributed by atoms with Crippen molar-refractivity contribution in [3.8, 4) is 0 Å². The van der Waals surface area contributed by atoms with Gasteiger partial charge >= 0.3 is 0 Å². The van der Waals surface area contributed by atoms with Crippen LogP contribution < -0.4 is 0 Å². The number of aliphatic hydroxyl groups is 1. The fourth-order valence-corrected chi connectivity index (χ4v) is 3.72. The number of amides is 1. The molecule has 1 atom stereocenters. The summed E-state index contributed by atoms with van der Waals surface area (Å²) in [5.74, 6) is 1.62. The van der Waals surface area contributed by atoms with Gasteiger partial charge in [0.2, 0.25) is 0 Å². The van der Waals surface area contributed by atoms with Crippen molar-refractivity contribution < 1.29 is 9.90 Å². The SMILES string of the molecule is Cc1nccn1CC1CCCN(C(=O)c2ccc(CCC(C)(C)O)cc2)C1. The van der Waals surface area contributed by atoms with E-state index in [1.165, 1.54) is 0 Å². The number of hydrogen-bond donors (Lipinski definition) is 1. The zero-order chi connectivity index (χ0) is 19.4. The monoisotopic (exact) mass is 369 g/mol. The first-order valence-electron chi connectivity index (χ1n) is 9.90. The van der Waals surface area contributed by atoms with Gasteiger partial charge in [-0.15, -0.1) is 0 Å². The minimum Gasteiger partial charge on any atom is -0.390 e. The summed E-state index contributed by atoms with van der Waals surface area (Å²) >= 11 is 0. The number of carbonyl (C=O) groups is 1. The highest BCUT2D eigenvalue weighted by Gasteiger charge is 2.25. The maximum absolute atomic E-state index is 12.9. The number of carbonyl (C=O) groups excluding carboxylic acids is 1. The van der Waals surface area contributed by atoms with Crippen LogP contribution in [0.15, 0.2) is 36.7 Å². The Morgan fingerprint density at radius 3 is 2.67 bits per heavy atom. The molecule has 2 heterocycles. The summed E-state index contributed by atoms with van der Waals surface area (Å²) in [6.07, 6.45) is 7.57. The number of rotatable bonds is 6. The fraction of sp³-hybridized carbons (Fsp3) is 0.545. The predicted molar refractivity (Wildman–Crippen MR) is 107 cm³/mol. The van der Waals surface area contributed by atoms with Crippen LogP contribution in [0.3, 0.4) is 0 Å². The van der Waals surface area contributed by atoms with E-state index in [9.17, 15) is 9.90 Å². The molecule has 146 valence electrons. The average Bonchev–Trinajstić information content (AvgIpc) is 3.04. The summed E-state index contributed by atoms with van der Waals surface area (Å²) in [5.41, 5.74) is 1.24. The van der Waals surface area contributed by atoms with Gasteiger partial charge in [0.25, 0.3) is 5.91 Å². The molecule has 1 aliphatic rings. The number of hydrogen-bond acceptors (Lipinski definition) is 3. The first-order valence-corrected chi connectivity index (χ1v) is 9.90. The van der Waals surface area contributed by atoms with Crippen LogP contribution >= 0.6 is 0 Å². The average molecular weight is 370 g/mol. The van der Waals surface area contributed by atoms with Crippen molar-refractivity contribution in [2.24, 2.45) is 5.92 Å². The lowest BCUT2D eigenvalue weighted by Crippen LogP contribution is -2.41. The fourth-order valence-electron chi connectivity index (χ4n) is 3.72. The highest BCUT2D eigenvalue weighted by atomic mass is 16.3. The minimum absolute atomic E-state index is 0.121. The van der Waals surface area contributed by atoms with Crippen molar-refractivity contribution >= 4 is 5.91 Å². The minimum atomic E-state index is -0.662. The van der Waals surface area contributed by atoms with Gasteiger partial charge in [-0.3, -0.25) is 4.79 Å². The summed E-state index contributed by atoms with van der Waals surface area (Å²) in [5, 5.41) is 9.86. The molecule has 1 amide bonds. The molecule has 1 aromatic carbocycles. The van der Waals surface area contributed by atoms with Gasteiger partial charge in [0.15, 0.2) is 0 Å². The van der Waals surface area contributed by atoms with Crippen molar-refractivity contribution in [2.45, 2.75) is 58.6 Å². The van der Waals surface area contributed by atoms with Gasteiger partial charge in [0.1, 0.15) is 5.82 Å². The third-order valence-electron chi connectivity index (χ3n) is 5.41. The molecule has 5 heteroatoms. The number of nitrogens with zero attached hydrogens (tertiary/aromatic N) is 3. The molecule has 0 aliphatic carbocycles. The highest BCUT2D eigenvalue weighted by molar-refractivity contribution is 5.94.